The summed E-state index contributed by atoms with van der Waals surface area (Å²) in [4.78, 5) is 30.9. The number of hydrogen-bond acceptors (Lipinski definition) is 4. The molecule has 1 aromatic carbocycles. The predicted molar refractivity (Wildman–Crippen MR) is 91.7 cm³/mol. The molecule has 0 atom stereocenters. The van der Waals surface area contributed by atoms with Crippen molar-refractivity contribution in [1.82, 2.24) is 9.55 Å². The summed E-state index contributed by atoms with van der Waals surface area (Å²) in [5, 5.41) is 0.505. The van der Waals surface area contributed by atoms with Crippen LogP contribution in [0.4, 0.5) is 0 Å². The number of Topliss-reactive ketones (excluding diaryl/α,β-unsaturated/α-hetero) is 1. The van der Waals surface area contributed by atoms with Crippen LogP contribution in [-0.4, -0.2) is 15.3 Å². The molecule has 0 saturated carbocycles. The van der Waals surface area contributed by atoms with Gasteiger partial charge in [0.2, 0.25) is 0 Å². The maximum atomic E-state index is 12.5. The largest absolute Gasteiger partial charge is 0.291 e. The van der Waals surface area contributed by atoms with E-state index in [9.17, 15) is 9.59 Å². The van der Waals surface area contributed by atoms with Crippen molar-refractivity contribution in [3.05, 3.63) is 61.2 Å². The van der Waals surface area contributed by atoms with Crippen molar-refractivity contribution in [2.45, 2.75) is 19.9 Å². The Morgan fingerprint density at radius 3 is 2.86 bits per heavy atom. The van der Waals surface area contributed by atoms with Crippen molar-refractivity contribution in [3.63, 3.8) is 0 Å². The summed E-state index contributed by atoms with van der Waals surface area (Å²) in [7, 11) is 0. The lowest BCUT2D eigenvalue weighted by Gasteiger charge is -2.05. The van der Waals surface area contributed by atoms with Crippen LogP contribution in [0.25, 0.3) is 10.9 Å². The van der Waals surface area contributed by atoms with Crippen molar-refractivity contribution in [3.8, 4) is 0 Å². The summed E-state index contributed by atoms with van der Waals surface area (Å²) < 4.78 is 2.18. The Kier molecular flexibility index (Phi) is 4.22. The number of halogens is 1. The fourth-order valence-corrected chi connectivity index (χ4v) is 3.43. The van der Waals surface area contributed by atoms with Gasteiger partial charge in [0.1, 0.15) is 0 Å². The molecule has 0 aliphatic rings. The number of ketones is 1. The molecule has 0 aliphatic heterocycles. The highest BCUT2D eigenvalue weighted by Crippen LogP contribution is 2.18. The summed E-state index contributed by atoms with van der Waals surface area (Å²) in [5.41, 5.74) is 0.424. The van der Waals surface area contributed by atoms with E-state index < -0.39 is 0 Å². The molecule has 3 aromatic rings. The second kappa shape index (κ2) is 6.14. The van der Waals surface area contributed by atoms with Gasteiger partial charge in [0.05, 0.1) is 28.7 Å². The molecule has 0 fully saturated rings. The van der Waals surface area contributed by atoms with Crippen LogP contribution in [0.3, 0.4) is 0 Å². The summed E-state index contributed by atoms with van der Waals surface area (Å²) >= 11 is 4.83. The third-order valence-corrected chi connectivity index (χ3v) is 5.15. The first kappa shape index (κ1) is 15.1. The number of rotatable bonds is 4. The molecule has 0 saturated heterocycles. The molecule has 0 radical (unpaired) electrons. The zero-order valence-corrected chi connectivity index (χ0v) is 14.3. The lowest BCUT2D eigenvalue weighted by molar-refractivity contribution is 0.0974. The van der Waals surface area contributed by atoms with Gasteiger partial charge in [-0.2, -0.15) is 0 Å². The Labute approximate surface area is 139 Å². The first-order valence-electron chi connectivity index (χ1n) is 6.85. The van der Waals surface area contributed by atoms with E-state index in [-0.39, 0.29) is 17.9 Å². The lowest BCUT2D eigenvalue weighted by atomic mass is 10.2. The minimum atomic E-state index is -0.202. The van der Waals surface area contributed by atoms with E-state index in [0.717, 1.165) is 15.8 Å². The number of carbonyl (C=O) groups is 1. The van der Waals surface area contributed by atoms with Crippen LogP contribution in [0.2, 0.25) is 0 Å². The molecule has 0 bridgehead atoms. The number of thiophene rings is 1. The number of aromatic nitrogens is 2. The molecule has 0 spiro atoms. The van der Waals surface area contributed by atoms with Crippen molar-refractivity contribution >= 4 is 44.0 Å². The van der Waals surface area contributed by atoms with E-state index in [2.05, 4.69) is 27.8 Å². The number of fused-ring (bicyclic) bond motifs is 1. The van der Waals surface area contributed by atoms with E-state index in [1.807, 2.05) is 18.2 Å². The smallest absolute Gasteiger partial charge is 0.261 e. The maximum absolute atomic E-state index is 12.5. The molecule has 0 amide bonds. The third-order valence-electron chi connectivity index (χ3n) is 3.38. The fourth-order valence-electron chi connectivity index (χ4n) is 2.19. The topological polar surface area (TPSA) is 52.0 Å². The second-order valence-electron chi connectivity index (χ2n) is 4.88. The number of nitrogens with zero attached hydrogens (tertiary/aromatic N) is 2. The summed E-state index contributed by atoms with van der Waals surface area (Å²) in [5.74, 6) is -0.0667. The van der Waals surface area contributed by atoms with E-state index in [0.29, 0.717) is 15.8 Å². The molecule has 2 aromatic heterocycles. The Balaban J connectivity index is 1.95. The average molecular weight is 377 g/mol. The van der Waals surface area contributed by atoms with Crippen LogP contribution < -0.4 is 5.56 Å². The Morgan fingerprint density at radius 1 is 1.32 bits per heavy atom. The molecular formula is C16H13BrN2O2S. The van der Waals surface area contributed by atoms with Crippen molar-refractivity contribution < 1.29 is 4.79 Å². The molecule has 0 unspecified atom stereocenters. The molecule has 6 heteroatoms. The molecule has 0 N–H and O–H groups in total. The van der Waals surface area contributed by atoms with Gasteiger partial charge < -0.3 is 0 Å². The predicted octanol–water partition coefficient (Wildman–Crippen LogP) is 3.67. The quantitative estimate of drug-likeness (QED) is 0.652. The van der Waals surface area contributed by atoms with Gasteiger partial charge in [-0.05, 0) is 36.8 Å². The minimum absolute atomic E-state index is 0.0119. The molecule has 22 heavy (non-hydrogen) atoms. The SMILES string of the molecule is CCc1ccc(C(=O)Cn2cnc3ccc(Br)cc3c2=O)s1. The minimum Gasteiger partial charge on any atom is -0.291 e. The van der Waals surface area contributed by atoms with Crippen LogP contribution in [-0.2, 0) is 13.0 Å². The van der Waals surface area contributed by atoms with Crippen LogP contribution in [0.5, 0.6) is 0 Å². The highest BCUT2D eigenvalue weighted by molar-refractivity contribution is 9.10. The van der Waals surface area contributed by atoms with Crippen LogP contribution in [0.15, 0.2) is 45.9 Å². The maximum Gasteiger partial charge on any atom is 0.261 e. The summed E-state index contributed by atoms with van der Waals surface area (Å²) in [6.07, 6.45) is 2.34. The van der Waals surface area contributed by atoms with Crippen molar-refractivity contribution in [2.75, 3.05) is 0 Å². The van der Waals surface area contributed by atoms with E-state index in [4.69, 9.17) is 0 Å². The van der Waals surface area contributed by atoms with Crippen molar-refractivity contribution in [1.29, 1.82) is 0 Å². The van der Waals surface area contributed by atoms with Crippen LogP contribution >= 0.6 is 27.3 Å². The fraction of sp³-hybridized carbons (Fsp3) is 0.188. The zero-order valence-electron chi connectivity index (χ0n) is 11.9. The van der Waals surface area contributed by atoms with Gasteiger partial charge in [-0.15, -0.1) is 11.3 Å². The second-order valence-corrected chi connectivity index (χ2v) is 6.97. The summed E-state index contributed by atoms with van der Waals surface area (Å²) in [6, 6.07) is 9.12. The van der Waals surface area contributed by atoms with E-state index in [1.165, 1.54) is 22.2 Å². The number of benzene rings is 1. The monoisotopic (exact) mass is 376 g/mol. The number of carbonyl (C=O) groups excluding carboxylic acids is 1. The summed E-state index contributed by atoms with van der Waals surface area (Å²) in [6.45, 7) is 2.06. The first-order chi connectivity index (χ1) is 10.6. The molecule has 2 heterocycles. The van der Waals surface area contributed by atoms with E-state index >= 15 is 0 Å². The van der Waals surface area contributed by atoms with Gasteiger partial charge in [0, 0.05) is 9.35 Å². The zero-order chi connectivity index (χ0) is 15.7. The lowest BCUT2D eigenvalue weighted by Crippen LogP contribution is -2.24. The highest BCUT2D eigenvalue weighted by atomic mass is 79.9. The Bertz CT molecular complexity index is 914. The van der Waals surface area contributed by atoms with Gasteiger partial charge in [0.25, 0.3) is 5.56 Å². The molecular weight excluding hydrogens is 364 g/mol. The van der Waals surface area contributed by atoms with Gasteiger partial charge in [-0.3, -0.25) is 14.2 Å². The first-order valence-corrected chi connectivity index (χ1v) is 8.46. The molecule has 112 valence electrons. The molecule has 0 aliphatic carbocycles. The number of aryl methyl sites for hydroxylation is 1. The van der Waals surface area contributed by atoms with Gasteiger partial charge in [0.15, 0.2) is 5.78 Å². The van der Waals surface area contributed by atoms with Crippen LogP contribution in [0.1, 0.15) is 21.5 Å². The Hall–Kier alpha value is -1.79. The van der Waals surface area contributed by atoms with Gasteiger partial charge in [-0.1, -0.05) is 22.9 Å². The highest BCUT2D eigenvalue weighted by Gasteiger charge is 2.12. The molecule has 3 rings (SSSR count). The average Bonchev–Trinajstić information content (AvgIpc) is 3.00. The molecule has 4 nitrogen and oxygen atoms in total. The normalized spacial score (nSPS) is 11.0. The van der Waals surface area contributed by atoms with Gasteiger partial charge >= 0.3 is 0 Å². The van der Waals surface area contributed by atoms with Crippen LogP contribution in [0, 0.1) is 0 Å². The van der Waals surface area contributed by atoms with Gasteiger partial charge in [-0.25, -0.2) is 4.98 Å². The Morgan fingerprint density at radius 2 is 2.14 bits per heavy atom. The standard InChI is InChI=1S/C16H13BrN2O2S/c1-2-11-4-6-15(22-11)14(20)8-19-9-18-13-5-3-10(17)7-12(13)16(19)21/h3-7,9H,2,8H2,1H3. The third kappa shape index (κ3) is 2.89. The van der Waals surface area contributed by atoms with Crippen molar-refractivity contribution in [2.24, 2.45) is 0 Å². The van der Waals surface area contributed by atoms with E-state index in [1.54, 1.807) is 12.1 Å². The number of hydrogen-bond donors (Lipinski definition) is 0.